The summed E-state index contributed by atoms with van der Waals surface area (Å²) in [6.45, 7) is 5.46. The van der Waals surface area contributed by atoms with Crippen LogP contribution in [0.3, 0.4) is 0 Å². The van der Waals surface area contributed by atoms with Crippen LogP contribution in [0.25, 0.3) is 6.08 Å². The predicted octanol–water partition coefficient (Wildman–Crippen LogP) is 5.97. The summed E-state index contributed by atoms with van der Waals surface area (Å²) in [5.74, 6) is 2.86. The van der Waals surface area contributed by atoms with E-state index in [9.17, 15) is 4.79 Å². The van der Waals surface area contributed by atoms with Crippen molar-refractivity contribution in [1.82, 2.24) is 0 Å². The van der Waals surface area contributed by atoms with Gasteiger partial charge in [0.1, 0.15) is 18.1 Å². The van der Waals surface area contributed by atoms with Gasteiger partial charge in [0.2, 0.25) is 0 Å². The topological polar surface area (TPSA) is 54.0 Å². The molecule has 3 aromatic carbocycles. The van der Waals surface area contributed by atoms with Crippen LogP contribution in [0.15, 0.2) is 72.8 Å². The smallest absolute Gasteiger partial charge is 0.185 e. The van der Waals surface area contributed by atoms with E-state index >= 15 is 0 Å². The lowest BCUT2D eigenvalue weighted by Crippen LogP contribution is -2.01. The Bertz CT molecular complexity index is 1040. The highest BCUT2D eigenvalue weighted by Gasteiger charge is 2.07. The van der Waals surface area contributed by atoms with E-state index in [0.29, 0.717) is 25.4 Å². The van der Waals surface area contributed by atoms with Crippen molar-refractivity contribution in [3.63, 3.8) is 0 Å². The molecule has 0 heterocycles. The number of carbonyl (C=O) groups is 1. The van der Waals surface area contributed by atoms with E-state index in [4.69, 9.17) is 18.9 Å². The number of benzene rings is 3. The average molecular weight is 433 g/mol. The van der Waals surface area contributed by atoms with Gasteiger partial charge < -0.3 is 18.9 Å². The molecule has 0 saturated carbocycles. The largest absolute Gasteiger partial charge is 0.497 e. The standard InChI is InChI=1S/C27H28O5/c1-4-30-26-17-9-21(18-27(26)31-5-2)19-32-24-12-6-20(7-13-24)8-16-25(28)22-10-14-23(29-3)15-11-22/h6-18H,4-5,19H2,1-3H3/b16-8+. The molecule has 0 N–H and O–H groups in total. The number of methoxy groups -OCH3 is 1. The number of allylic oxidation sites excluding steroid dienone is 1. The Balaban J connectivity index is 1.58. The summed E-state index contributed by atoms with van der Waals surface area (Å²) in [5, 5.41) is 0. The zero-order valence-corrected chi connectivity index (χ0v) is 18.7. The fourth-order valence-corrected chi connectivity index (χ4v) is 3.05. The van der Waals surface area contributed by atoms with Gasteiger partial charge in [0.15, 0.2) is 17.3 Å². The zero-order valence-electron chi connectivity index (χ0n) is 18.7. The molecule has 0 radical (unpaired) electrons. The first kappa shape index (κ1) is 22.9. The Kier molecular flexibility index (Phi) is 8.32. The molecule has 3 aromatic rings. The van der Waals surface area contributed by atoms with Crippen LogP contribution in [-0.4, -0.2) is 26.1 Å². The van der Waals surface area contributed by atoms with Crippen molar-refractivity contribution in [2.24, 2.45) is 0 Å². The van der Waals surface area contributed by atoms with Gasteiger partial charge in [-0.1, -0.05) is 24.3 Å². The fourth-order valence-electron chi connectivity index (χ4n) is 3.05. The van der Waals surface area contributed by atoms with Gasteiger partial charge in [0.25, 0.3) is 0 Å². The third-order valence-corrected chi connectivity index (χ3v) is 4.70. The first-order chi connectivity index (χ1) is 15.6. The van der Waals surface area contributed by atoms with Crippen molar-refractivity contribution < 1.29 is 23.7 Å². The molecule has 0 aliphatic carbocycles. The minimum Gasteiger partial charge on any atom is -0.497 e. The molecule has 5 nitrogen and oxygen atoms in total. The molecule has 3 rings (SSSR count). The van der Waals surface area contributed by atoms with Crippen LogP contribution < -0.4 is 18.9 Å². The zero-order chi connectivity index (χ0) is 22.8. The number of hydrogen-bond acceptors (Lipinski definition) is 5. The molecule has 32 heavy (non-hydrogen) atoms. The van der Waals surface area contributed by atoms with E-state index in [2.05, 4.69) is 0 Å². The Morgan fingerprint density at radius 1 is 0.781 bits per heavy atom. The van der Waals surface area contributed by atoms with Crippen LogP contribution in [0.2, 0.25) is 0 Å². The molecule has 0 unspecified atom stereocenters. The molecule has 5 heteroatoms. The maximum atomic E-state index is 12.3. The molecule has 0 fully saturated rings. The molecule has 0 bridgehead atoms. The van der Waals surface area contributed by atoms with Gasteiger partial charge in [-0.2, -0.15) is 0 Å². The maximum Gasteiger partial charge on any atom is 0.185 e. The number of ether oxygens (including phenoxy) is 4. The second-order valence-corrected chi connectivity index (χ2v) is 6.93. The maximum absolute atomic E-state index is 12.3. The summed E-state index contributed by atoms with van der Waals surface area (Å²) in [4.78, 5) is 12.3. The minimum absolute atomic E-state index is 0.0615. The summed E-state index contributed by atoms with van der Waals surface area (Å²) in [6, 6.07) is 20.5. The summed E-state index contributed by atoms with van der Waals surface area (Å²) in [5.41, 5.74) is 2.52. The van der Waals surface area contributed by atoms with Gasteiger partial charge in [-0.05, 0) is 79.6 Å². The molecular weight excluding hydrogens is 404 g/mol. The van der Waals surface area contributed by atoms with E-state index in [1.165, 1.54) is 0 Å². The molecule has 0 spiro atoms. The predicted molar refractivity (Wildman–Crippen MR) is 126 cm³/mol. The lowest BCUT2D eigenvalue weighted by Gasteiger charge is -2.13. The van der Waals surface area contributed by atoms with E-state index in [0.717, 1.165) is 34.1 Å². The van der Waals surface area contributed by atoms with Gasteiger partial charge in [-0.3, -0.25) is 4.79 Å². The minimum atomic E-state index is -0.0615. The van der Waals surface area contributed by atoms with Crippen LogP contribution >= 0.6 is 0 Å². The first-order valence-corrected chi connectivity index (χ1v) is 10.6. The van der Waals surface area contributed by atoms with Crippen molar-refractivity contribution in [2.75, 3.05) is 20.3 Å². The van der Waals surface area contributed by atoms with Crippen molar-refractivity contribution in [1.29, 1.82) is 0 Å². The molecule has 0 amide bonds. The van der Waals surface area contributed by atoms with Gasteiger partial charge in [-0.15, -0.1) is 0 Å². The molecular formula is C27H28O5. The molecule has 0 saturated heterocycles. The Morgan fingerprint density at radius 2 is 1.44 bits per heavy atom. The highest BCUT2D eigenvalue weighted by atomic mass is 16.5. The lowest BCUT2D eigenvalue weighted by atomic mass is 10.1. The van der Waals surface area contributed by atoms with E-state index in [1.807, 2.05) is 56.3 Å². The number of carbonyl (C=O) groups excluding carboxylic acids is 1. The van der Waals surface area contributed by atoms with E-state index in [-0.39, 0.29) is 5.78 Å². The van der Waals surface area contributed by atoms with Crippen LogP contribution in [0, 0.1) is 0 Å². The van der Waals surface area contributed by atoms with Gasteiger partial charge in [0.05, 0.1) is 20.3 Å². The monoisotopic (exact) mass is 432 g/mol. The van der Waals surface area contributed by atoms with Crippen molar-refractivity contribution >= 4 is 11.9 Å². The Hall–Kier alpha value is -3.73. The van der Waals surface area contributed by atoms with Crippen LogP contribution in [0.1, 0.15) is 35.3 Å². The van der Waals surface area contributed by atoms with Gasteiger partial charge in [-0.25, -0.2) is 0 Å². The Morgan fingerprint density at radius 3 is 2.09 bits per heavy atom. The third-order valence-electron chi connectivity index (χ3n) is 4.70. The summed E-state index contributed by atoms with van der Waals surface area (Å²) < 4.78 is 22.3. The molecule has 166 valence electrons. The van der Waals surface area contributed by atoms with Crippen LogP contribution in [0.4, 0.5) is 0 Å². The second-order valence-electron chi connectivity index (χ2n) is 6.93. The second kappa shape index (κ2) is 11.6. The lowest BCUT2D eigenvalue weighted by molar-refractivity contribution is 0.104. The normalized spacial score (nSPS) is 10.7. The highest BCUT2D eigenvalue weighted by Crippen LogP contribution is 2.29. The third kappa shape index (κ3) is 6.38. The highest BCUT2D eigenvalue weighted by molar-refractivity contribution is 6.06. The van der Waals surface area contributed by atoms with Gasteiger partial charge >= 0.3 is 0 Å². The van der Waals surface area contributed by atoms with E-state index in [1.54, 1.807) is 43.5 Å². The number of rotatable bonds is 11. The number of ketones is 1. The van der Waals surface area contributed by atoms with Crippen molar-refractivity contribution in [3.8, 4) is 23.0 Å². The molecule has 0 aromatic heterocycles. The van der Waals surface area contributed by atoms with Crippen molar-refractivity contribution in [3.05, 3.63) is 89.5 Å². The SMILES string of the molecule is CCOc1ccc(COc2ccc(/C=C/C(=O)c3ccc(OC)cc3)cc2)cc1OCC. The number of hydrogen-bond donors (Lipinski definition) is 0. The fraction of sp³-hybridized carbons (Fsp3) is 0.222. The van der Waals surface area contributed by atoms with Crippen LogP contribution in [0.5, 0.6) is 23.0 Å². The molecule has 0 atom stereocenters. The van der Waals surface area contributed by atoms with E-state index < -0.39 is 0 Å². The van der Waals surface area contributed by atoms with Gasteiger partial charge in [0, 0.05) is 5.56 Å². The Labute approximate surface area is 189 Å². The molecule has 0 aliphatic rings. The molecule has 0 aliphatic heterocycles. The van der Waals surface area contributed by atoms with Crippen molar-refractivity contribution in [2.45, 2.75) is 20.5 Å². The first-order valence-electron chi connectivity index (χ1n) is 10.6. The van der Waals surface area contributed by atoms with Crippen LogP contribution in [-0.2, 0) is 6.61 Å². The quantitative estimate of drug-likeness (QED) is 0.276. The average Bonchev–Trinajstić information content (AvgIpc) is 2.83. The summed E-state index contributed by atoms with van der Waals surface area (Å²) in [6.07, 6.45) is 3.35. The summed E-state index contributed by atoms with van der Waals surface area (Å²) >= 11 is 0. The summed E-state index contributed by atoms with van der Waals surface area (Å²) in [7, 11) is 1.60.